The number of nitrogens with zero attached hydrogens (tertiary/aromatic N) is 3. The monoisotopic (exact) mass is 309 g/mol. The van der Waals surface area contributed by atoms with E-state index in [1.807, 2.05) is 25.4 Å². The van der Waals surface area contributed by atoms with Crippen molar-refractivity contribution in [2.45, 2.75) is 26.2 Å². The van der Waals surface area contributed by atoms with E-state index in [9.17, 15) is 4.79 Å². The first-order valence-electron chi connectivity index (χ1n) is 8.01. The highest BCUT2D eigenvalue weighted by atomic mass is 16.2. The molecule has 0 unspecified atom stereocenters. The molecule has 4 rings (SSSR count). The number of carbonyl (C=O) groups excluding carboxylic acids is 1. The maximum atomic E-state index is 12.2. The molecule has 1 saturated heterocycles. The lowest BCUT2D eigenvalue weighted by atomic mass is 10.1. The SMILES string of the molecule is Cc1cnc2[nH]cc(/C=C3\N=C(N4CCCCC4)NC3=O)c2c1. The van der Waals surface area contributed by atoms with Crippen LogP contribution in [0.15, 0.2) is 29.1 Å². The highest BCUT2D eigenvalue weighted by Gasteiger charge is 2.25. The van der Waals surface area contributed by atoms with Crippen molar-refractivity contribution in [1.29, 1.82) is 0 Å². The van der Waals surface area contributed by atoms with E-state index in [2.05, 4.69) is 31.2 Å². The number of aliphatic imine (C=N–C) groups is 1. The van der Waals surface area contributed by atoms with Crippen molar-refractivity contribution in [3.8, 4) is 0 Å². The standard InChI is InChI=1S/C17H19N5O/c1-11-7-13-12(10-19-15(13)18-9-11)8-14-16(23)21-17(20-14)22-5-3-2-4-6-22/h7-10H,2-6H2,1H3,(H,18,19)(H,20,21,23)/b14-8-. The van der Waals surface area contributed by atoms with Crippen molar-refractivity contribution in [2.75, 3.05) is 13.1 Å². The molecule has 1 amide bonds. The lowest BCUT2D eigenvalue weighted by molar-refractivity contribution is -0.115. The molecular formula is C17H19N5O. The van der Waals surface area contributed by atoms with Crippen LogP contribution >= 0.6 is 0 Å². The summed E-state index contributed by atoms with van der Waals surface area (Å²) >= 11 is 0. The predicted octanol–water partition coefficient (Wildman–Crippen LogP) is 2.18. The molecule has 2 N–H and O–H groups in total. The zero-order valence-electron chi connectivity index (χ0n) is 13.1. The summed E-state index contributed by atoms with van der Waals surface area (Å²) in [5.74, 6) is 0.552. The first kappa shape index (κ1) is 14.0. The Morgan fingerprint density at radius 1 is 1.26 bits per heavy atom. The van der Waals surface area contributed by atoms with Crippen LogP contribution < -0.4 is 5.32 Å². The Balaban J connectivity index is 1.67. The number of fused-ring (bicyclic) bond motifs is 1. The number of carbonyl (C=O) groups is 1. The molecular weight excluding hydrogens is 290 g/mol. The number of aromatic amines is 1. The molecule has 0 bridgehead atoms. The van der Waals surface area contributed by atoms with E-state index < -0.39 is 0 Å². The van der Waals surface area contributed by atoms with Crippen molar-refractivity contribution in [2.24, 2.45) is 4.99 Å². The van der Waals surface area contributed by atoms with Crippen LogP contribution in [0, 0.1) is 6.92 Å². The van der Waals surface area contributed by atoms with Gasteiger partial charge in [-0.15, -0.1) is 0 Å². The van der Waals surface area contributed by atoms with Gasteiger partial charge in [0.25, 0.3) is 5.91 Å². The number of nitrogens with one attached hydrogen (secondary N) is 2. The third kappa shape index (κ3) is 2.60. The first-order chi connectivity index (χ1) is 11.2. The van der Waals surface area contributed by atoms with Gasteiger partial charge in [0, 0.05) is 36.4 Å². The molecule has 4 heterocycles. The summed E-state index contributed by atoms with van der Waals surface area (Å²) in [6.07, 6.45) is 9.08. The zero-order valence-corrected chi connectivity index (χ0v) is 13.1. The molecule has 118 valence electrons. The van der Waals surface area contributed by atoms with Crippen LogP contribution in [0.2, 0.25) is 0 Å². The summed E-state index contributed by atoms with van der Waals surface area (Å²) in [6, 6.07) is 2.06. The van der Waals surface area contributed by atoms with E-state index >= 15 is 0 Å². The molecule has 2 aliphatic rings. The Hall–Kier alpha value is -2.63. The molecule has 2 aliphatic heterocycles. The van der Waals surface area contributed by atoms with Gasteiger partial charge in [0.05, 0.1) is 0 Å². The maximum absolute atomic E-state index is 12.2. The number of aryl methyl sites for hydroxylation is 1. The Morgan fingerprint density at radius 2 is 2.09 bits per heavy atom. The number of aromatic nitrogens is 2. The minimum atomic E-state index is -0.138. The Labute approximate surface area is 134 Å². The van der Waals surface area contributed by atoms with Gasteiger partial charge in [-0.2, -0.15) is 0 Å². The molecule has 1 fully saturated rings. The topological polar surface area (TPSA) is 73.4 Å². The molecule has 2 aromatic heterocycles. The quantitative estimate of drug-likeness (QED) is 0.793. The maximum Gasteiger partial charge on any atom is 0.276 e. The van der Waals surface area contributed by atoms with Gasteiger partial charge < -0.3 is 9.88 Å². The van der Waals surface area contributed by atoms with Crippen LogP contribution in [0.5, 0.6) is 0 Å². The van der Waals surface area contributed by atoms with Crippen molar-refractivity contribution in [3.05, 3.63) is 35.3 Å². The highest BCUT2D eigenvalue weighted by Crippen LogP contribution is 2.22. The minimum Gasteiger partial charge on any atom is -0.346 e. The number of H-pyrrole nitrogens is 1. The normalized spacial score (nSPS) is 20.2. The van der Waals surface area contributed by atoms with Crippen LogP contribution in [-0.2, 0) is 4.79 Å². The van der Waals surface area contributed by atoms with Crippen molar-refractivity contribution < 1.29 is 4.79 Å². The summed E-state index contributed by atoms with van der Waals surface area (Å²) in [6.45, 7) is 3.93. The minimum absolute atomic E-state index is 0.138. The summed E-state index contributed by atoms with van der Waals surface area (Å²) in [5, 5.41) is 3.89. The number of hydrogen-bond acceptors (Lipinski definition) is 4. The van der Waals surface area contributed by atoms with Gasteiger partial charge in [-0.05, 0) is 43.9 Å². The van der Waals surface area contributed by atoms with Crippen LogP contribution in [0.4, 0.5) is 0 Å². The summed E-state index contributed by atoms with van der Waals surface area (Å²) in [4.78, 5) is 26.4. The Bertz CT molecular complexity index is 827. The summed E-state index contributed by atoms with van der Waals surface area (Å²) in [7, 11) is 0. The molecule has 2 aromatic rings. The molecule has 0 radical (unpaired) electrons. The van der Waals surface area contributed by atoms with E-state index in [4.69, 9.17) is 0 Å². The van der Waals surface area contributed by atoms with Gasteiger partial charge in [0.2, 0.25) is 5.96 Å². The number of amides is 1. The largest absolute Gasteiger partial charge is 0.346 e. The third-order valence-corrected chi connectivity index (χ3v) is 4.33. The van der Waals surface area contributed by atoms with Crippen LogP contribution in [0.25, 0.3) is 17.1 Å². The number of rotatable bonds is 1. The predicted molar refractivity (Wildman–Crippen MR) is 89.8 cm³/mol. The van der Waals surface area contributed by atoms with Gasteiger partial charge in [-0.25, -0.2) is 9.98 Å². The van der Waals surface area contributed by atoms with Crippen molar-refractivity contribution in [3.63, 3.8) is 0 Å². The Morgan fingerprint density at radius 3 is 2.91 bits per heavy atom. The number of likely N-dealkylation sites (tertiary alicyclic amines) is 1. The van der Waals surface area contributed by atoms with E-state index in [1.165, 1.54) is 6.42 Å². The average molecular weight is 309 g/mol. The van der Waals surface area contributed by atoms with E-state index in [0.29, 0.717) is 11.7 Å². The summed E-state index contributed by atoms with van der Waals surface area (Å²) in [5.41, 5.74) is 3.30. The van der Waals surface area contributed by atoms with Gasteiger partial charge in [0.1, 0.15) is 11.3 Å². The fourth-order valence-electron chi connectivity index (χ4n) is 3.11. The van der Waals surface area contributed by atoms with E-state index in [1.54, 1.807) is 0 Å². The van der Waals surface area contributed by atoms with Gasteiger partial charge in [-0.1, -0.05) is 0 Å². The van der Waals surface area contributed by atoms with Crippen LogP contribution in [-0.4, -0.2) is 39.8 Å². The second kappa shape index (κ2) is 5.53. The van der Waals surface area contributed by atoms with Crippen molar-refractivity contribution in [1.82, 2.24) is 20.2 Å². The summed E-state index contributed by atoms with van der Waals surface area (Å²) < 4.78 is 0. The van der Waals surface area contributed by atoms with E-state index in [0.717, 1.165) is 48.1 Å². The number of piperidine rings is 1. The highest BCUT2D eigenvalue weighted by molar-refractivity contribution is 6.14. The van der Waals surface area contributed by atoms with Crippen LogP contribution in [0.1, 0.15) is 30.4 Å². The van der Waals surface area contributed by atoms with Gasteiger partial charge in [-0.3, -0.25) is 10.1 Å². The third-order valence-electron chi connectivity index (χ3n) is 4.33. The Kier molecular flexibility index (Phi) is 3.37. The molecule has 0 aromatic carbocycles. The van der Waals surface area contributed by atoms with Crippen molar-refractivity contribution >= 4 is 29.0 Å². The molecule has 0 aliphatic carbocycles. The number of guanidine groups is 1. The first-order valence-corrected chi connectivity index (χ1v) is 8.01. The fraction of sp³-hybridized carbons (Fsp3) is 0.353. The number of hydrogen-bond donors (Lipinski definition) is 2. The van der Waals surface area contributed by atoms with Gasteiger partial charge >= 0.3 is 0 Å². The average Bonchev–Trinajstić information content (AvgIpc) is 3.13. The lowest BCUT2D eigenvalue weighted by Crippen LogP contribution is -2.43. The fourth-order valence-corrected chi connectivity index (χ4v) is 3.11. The number of pyridine rings is 1. The van der Waals surface area contributed by atoms with Crippen LogP contribution in [0.3, 0.4) is 0 Å². The van der Waals surface area contributed by atoms with Gasteiger partial charge in [0.15, 0.2) is 0 Å². The zero-order chi connectivity index (χ0) is 15.8. The molecule has 6 nitrogen and oxygen atoms in total. The molecule has 0 spiro atoms. The molecule has 23 heavy (non-hydrogen) atoms. The molecule has 0 atom stereocenters. The molecule has 6 heteroatoms. The van der Waals surface area contributed by atoms with E-state index in [-0.39, 0.29) is 5.91 Å². The smallest absolute Gasteiger partial charge is 0.276 e. The second-order valence-electron chi connectivity index (χ2n) is 6.12. The molecule has 0 saturated carbocycles. The second-order valence-corrected chi connectivity index (χ2v) is 6.12. The lowest BCUT2D eigenvalue weighted by Gasteiger charge is -2.27.